The normalized spacial score (nSPS) is 8.67. The van der Waals surface area contributed by atoms with Crippen LogP contribution in [0, 0.1) is 22.8 Å². The summed E-state index contributed by atoms with van der Waals surface area (Å²) in [6.45, 7) is 0. The van der Waals surface area contributed by atoms with Crippen LogP contribution in [0.15, 0.2) is 6.33 Å². The van der Waals surface area contributed by atoms with E-state index in [1.165, 1.54) is 11.2 Å². The molecule has 0 atom stereocenters. The van der Waals surface area contributed by atoms with Gasteiger partial charge in [0, 0.05) is 14.1 Å². The Hall–Kier alpha value is -2.01. The Labute approximate surface area is 70.1 Å². The van der Waals surface area contributed by atoms with Crippen molar-refractivity contribution in [3.63, 3.8) is 0 Å². The Morgan fingerprint density at radius 1 is 1.58 bits per heavy atom. The SMILES string of the molecule is CN(C#N)c1ncn(C)c1C#N. The van der Waals surface area contributed by atoms with Gasteiger partial charge in [-0.1, -0.05) is 0 Å². The third-order valence-corrected chi connectivity index (χ3v) is 1.49. The van der Waals surface area contributed by atoms with E-state index in [1.807, 2.05) is 12.3 Å². The number of aryl methyl sites for hydroxylation is 1. The van der Waals surface area contributed by atoms with Crippen LogP contribution in [0.1, 0.15) is 5.69 Å². The summed E-state index contributed by atoms with van der Waals surface area (Å²) in [6.07, 6.45) is 3.38. The van der Waals surface area contributed by atoms with E-state index < -0.39 is 0 Å². The molecular weight excluding hydrogens is 154 g/mol. The Morgan fingerprint density at radius 3 is 2.75 bits per heavy atom. The first-order valence-corrected chi connectivity index (χ1v) is 3.25. The lowest BCUT2D eigenvalue weighted by Crippen LogP contribution is -2.10. The number of nitriles is 2. The second-order valence-electron chi connectivity index (χ2n) is 2.30. The molecule has 5 heteroatoms. The minimum atomic E-state index is 0.388. The van der Waals surface area contributed by atoms with Crippen LogP contribution >= 0.6 is 0 Å². The van der Waals surface area contributed by atoms with E-state index in [1.54, 1.807) is 18.7 Å². The highest BCUT2D eigenvalue weighted by Crippen LogP contribution is 2.13. The van der Waals surface area contributed by atoms with E-state index in [-0.39, 0.29) is 0 Å². The van der Waals surface area contributed by atoms with Gasteiger partial charge < -0.3 is 4.57 Å². The fourth-order valence-electron chi connectivity index (χ4n) is 0.840. The molecule has 0 spiro atoms. The number of nitrogens with zero attached hydrogens (tertiary/aromatic N) is 5. The molecule has 0 saturated carbocycles. The van der Waals surface area contributed by atoms with Crippen molar-refractivity contribution in [3.8, 4) is 12.3 Å². The molecule has 60 valence electrons. The topological polar surface area (TPSA) is 68.6 Å². The van der Waals surface area contributed by atoms with Crippen LogP contribution in [-0.2, 0) is 7.05 Å². The van der Waals surface area contributed by atoms with Crippen LogP contribution in [0.2, 0.25) is 0 Å². The van der Waals surface area contributed by atoms with E-state index in [9.17, 15) is 0 Å². The lowest BCUT2D eigenvalue weighted by Gasteiger charge is -2.03. The lowest BCUT2D eigenvalue weighted by molar-refractivity contribution is 0.896. The van der Waals surface area contributed by atoms with Crippen molar-refractivity contribution in [2.45, 2.75) is 0 Å². The van der Waals surface area contributed by atoms with Gasteiger partial charge in [0.15, 0.2) is 17.7 Å². The summed E-state index contributed by atoms with van der Waals surface area (Å²) < 4.78 is 1.57. The Morgan fingerprint density at radius 2 is 2.25 bits per heavy atom. The molecule has 0 amide bonds. The highest BCUT2D eigenvalue weighted by atomic mass is 15.2. The molecular formula is C7H7N5. The maximum absolute atomic E-state index is 8.69. The number of imidazole rings is 1. The summed E-state index contributed by atoms with van der Waals surface area (Å²) in [5.41, 5.74) is 0.388. The summed E-state index contributed by atoms with van der Waals surface area (Å²) in [5, 5.41) is 17.2. The standard InChI is InChI=1S/C7H7N5/c1-11(4-9)7-6(3-8)12(2)5-10-7/h5H,1-2H3. The average molecular weight is 161 g/mol. The van der Waals surface area contributed by atoms with Crippen molar-refractivity contribution in [3.05, 3.63) is 12.0 Å². The number of hydrogen-bond donors (Lipinski definition) is 0. The van der Waals surface area contributed by atoms with Gasteiger partial charge in [-0.2, -0.15) is 10.5 Å². The largest absolute Gasteiger partial charge is 0.324 e. The van der Waals surface area contributed by atoms with Crippen LogP contribution in [0.25, 0.3) is 0 Å². The van der Waals surface area contributed by atoms with Crippen molar-refractivity contribution >= 4 is 5.82 Å². The maximum Gasteiger partial charge on any atom is 0.185 e. The predicted octanol–water partition coefficient (Wildman–Crippen LogP) is 0.209. The monoisotopic (exact) mass is 161 g/mol. The molecule has 1 aromatic heterocycles. The first kappa shape index (κ1) is 8.09. The first-order valence-electron chi connectivity index (χ1n) is 3.25. The molecule has 0 bridgehead atoms. The molecule has 0 unspecified atom stereocenters. The molecule has 0 aliphatic rings. The van der Waals surface area contributed by atoms with E-state index in [2.05, 4.69) is 4.98 Å². The predicted molar refractivity (Wildman–Crippen MR) is 41.9 cm³/mol. The van der Waals surface area contributed by atoms with Gasteiger partial charge in [0.05, 0.1) is 6.33 Å². The molecule has 1 rings (SSSR count). The fourth-order valence-corrected chi connectivity index (χ4v) is 0.840. The molecule has 0 aliphatic heterocycles. The first-order chi connectivity index (χ1) is 5.70. The molecule has 0 aromatic carbocycles. The minimum absolute atomic E-state index is 0.388. The summed E-state index contributed by atoms with van der Waals surface area (Å²) in [6, 6.07) is 1.97. The Kier molecular flexibility index (Phi) is 1.98. The van der Waals surface area contributed by atoms with Gasteiger partial charge in [0.2, 0.25) is 0 Å². The second-order valence-corrected chi connectivity index (χ2v) is 2.30. The van der Waals surface area contributed by atoms with Gasteiger partial charge >= 0.3 is 0 Å². The number of anilines is 1. The van der Waals surface area contributed by atoms with E-state index in [4.69, 9.17) is 10.5 Å². The van der Waals surface area contributed by atoms with E-state index in [0.717, 1.165) is 0 Å². The van der Waals surface area contributed by atoms with Crippen LogP contribution < -0.4 is 4.90 Å². The third kappa shape index (κ3) is 1.08. The molecule has 0 N–H and O–H groups in total. The third-order valence-electron chi connectivity index (χ3n) is 1.49. The molecule has 0 saturated heterocycles. The van der Waals surface area contributed by atoms with Gasteiger partial charge in [0.25, 0.3) is 0 Å². The minimum Gasteiger partial charge on any atom is -0.324 e. The highest BCUT2D eigenvalue weighted by molar-refractivity contribution is 5.52. The quantitative estimate of drug-likeness (QED) is 0.436. The molecule has 12 heavy (non-hydrogen) atoms. The van der Waals surface area contributed by atoms with Gasteiger partial charge in [-0.05, 0) is 0 Å². The van der Waals surface area contributed by atoms with Crippen LogP contribution in [0.5, 0.6) is 0 Å². The zero-order valence-electron chi connectivity index (χ0n) is 6.81. The van der Waals surface area contributed by atoms with Crippen molar-refractivity contribution < 1.29 is 0 Å². The van der Waals surface area contributed by atoms with Gasteiger partial charge in [-0.25, -0.2) is 4.98 Å². The molecule has 5 nitrogen and oxygen atoms in total. The van der Waals surface area contributed by atoms with Crippen LogP contribution in [0.3, 0.4) is 0 Å². The Bertz CT molecular complexity index is 364. The van der Waals surface area contributed by atoms with Crippen LogP contribution in [0.4, 0.5) is 5.82 Å². The van der Waals surface area contributed by atoms with Gasteiger partial charge in [-0.3, -0.25) is 4.90 Å². The van der Waals surface area contributed by atoms with Crippen LogP contribution in [-0.4, -0.2) is 16.6 Å². The fraction of sp³-hybridized carbons (Fsp3) is 0.286. The smallest absolute Gasteiger partial charge is 0.185 e. The van der Waals surface area contributed by atoms with E-state index >= 15 is 0 Å². The molecule has 0 radical (unpaired) electrons. The summed E-state index contributed by atoms with van der Waals surface area (Å²) >= 11 is 0. The van der Waals surface area contributed by atoms with Gasteiger partial charge in [0.1, 0.15) is 6.07 Å². The van der Waals surface area contributed by atoms with Crippen molar-refractivity contribution in [2.24, 2.45) is 7.05 Å². The van der Waals surface area contributed by atoms with E-state index in [0.29, 0.717) is 11.5 Å². The summed E-state index contributed by atoms with van der Waals surface area (Å²) in [5.74, 6) is 0.391. The summed E-state index contributed by atoms with van der Waals surface area (Å²) in [4.78, 5) is 5.15. The average Bonchev–Trinajstić information content (AvgIpc) is 2.45. The lowest BCUT2D eigenvalue weighted by atomic mass is 10.4. The Balaban J connectivity index is 3.20. The van der Waals surface area contributed by atoms with Crippen molar-refractivity contribution in [1.82, 2.24) is 9.55 Å². The van der Waals surface area contributed by atoms with Crippen molar-refractivity contribution in [2.75, 3.05) is 11.9 Å². The molecule has 1 aromatic rings. The zero-order chi connectivity index (χ0) is 9.14. The number of hydrogen-bond acceptors (Lipinski definition) is 4. The molecule has 0 aliphatic carbocycles. The summed E-state index contributed by atoms with van der Waals surface area (Å²) in [7, 11) is 3.27. The van der Waals surface area contributed by atoms with Gasteiger partial charge in [-0.15, -0.1) is 0 Å². The molecule has 0 fully saturated rings. The highest BCUT2D eigenvalue weighted by Gasteiger charge is 2.11. The second kappa shape index (κ2) is 2.93. The maximum atomic E-state index is 8.69. The zero-order valence-corrected chi connectivity index (χ0v) is 6.81. The number of aromatic nitrogens is 2. The molecule has 1 heterocycles. The van der Waals surface area contributed by atoms with Crippen molar-refractivity contribution in [1.29, 1.82) is 10.5 Å². The number of rotatable bonds is 1.